The number of carbonyl (C=O) groups excluding carboxylic acids is 1. The van der Waals surface area contributed by atoms with Crippen molar-refractivity contribution >= 4 is 17.5 Å². The fraction of sp³-hybridized carbons (Fsp3) is 0.600. The van der Waals surface area contributed by atoms with Crippen molar-refractivity contribution in [2.75, 3.05) is 12.4 Å². The Labute approximate surface area is 119 Å². The number of nitrogens with one attached hydrogen (secondary N) is 1. The summed E-state index contributed by atoms with van der Waals surface area (Å²) in [7, 11) is 0. The zero-order valence-electron chi connectivity index (χ0n) is 11.4. The van der Waals surface area contributed by atoms with Crippen molar-refractivity contribution in [2.45, 2.75) is 39.0 Å². The van der Waals surface area contributed by atoms with E-state index in [1.54, 1.807) is 12.3 Å². The predicted molar refractivity (Wildman–Crippen MR) is 77.5 cm³/mol. The number of pyridine rings is 1. The Bertz CT molecular complexity index is 442. The highest BCUT2D eigenvalue weighted by Gasteiger charge is 2.31. The summed E-state index contributed by atoms with van der Waals surface area (Å²) in [5, 5.41) is 3.04. The molecule has 0 atom stereocenters. The Morgan fingerprint density at radius 1 is 1.42 bits per heavy atom. The van der Waals surface area contributed by atoms with Crippen LogP contribution < -0.4 is 5.32 Å². The molecule has 0 saturated heterocycles. The van der Waals surface area contributed by atoms with Crippen LogP contribution in [-0.2, 0) is 0 Å². The van der Waals surface area contributed by atoms with Gasteiger partial charge in [-0.1, -0.05) is 19.3 Å². The van der Waals surface area contributed by atoms with Gasteiger partial charge in [0.15, 0.2) is 0 Å². The van der Waals surface area contributed by atoms with Crippen LogP contribution >= 0.6 is 11.6 Å². The third-order valence-corrected chi connectivity index (χ3v) is 4.64. The van der Waals surface area contributed by atoms with Crippen LogP contribution in [0.5, 0.6) is 0 Å². The summed E-state index contributed by atoms with van der Waals surface area (Å²) in [6, 6.07) is 3.60. The number of aromatic nitrogens is 1. The third-order valence-electron chi connectivity index (χ3n) is 4.07. The molecule has 0 spiro atoms. The van der Waals surface area contributed by atoms with Crippen molar-refractivity contribution in [3.05, 3.63) is 29.6 Å². The molecule has 1 aromatic heterocycles. The van der Waals surface area contributed by atoms with Crippen molar-refractivity contribution in [3.8, 4) is 0 Å². The fourth-order valence-corrected chi connectivity index (χ4v) is 3.11. The predicted octanol–water partition coefficient (Wildman–Crippen LogP) is 3.31. The lowest BCUT2D eigenvalue weighted by Gasteiger charge is -2.35. The number of halogens is 1. The maximum Gasteiger partial charge on any atom is 0.253 e. The van der Waals surface area contributed by atoms with E-state index in [0.29, 0.717) is 18.0 Å². The smallest absolute Gasteiger partial charge is 0.253 e. The average Bonchev–Trinajstić information content (AvgIpc) is 2.46. The zero-order valence-corrected chi connectivity index (χ0v) is 12.2. The Morgan fingerprint density at radius 2 is 2.16 bits per heavy atom. The van der Waals surface area contributed by atoms with E-state index >= 15 is 0 Å². The molecular weight excluding hydrogens is 260 g/mol. The molecule has 1 saturated carbocycles. The van der Waals surface area contributed by atoms with Crippen LogP contribution in [0, 0.1) is 12.3 Å². The first-order valence-corrected chi connectivity index (χ1v) is 7.46. The van der Waals surface area contributed by atoms with Crippen LogP contribution in [-0.4, -0.2) is 23.3 Å². The zero-order chi connectivity index (χ0) is 13.7. The van der Waals surface area contributed by atoms with Gasteiger partial charge in [-0.2, -0.15) is 0 Å². The van der Waals surface area contributed by atoms with Gasteiger partial charge in [-0.15, -0.1) is 11.6 Å². The third kappa shape index (κ3) is 3.47. The van der Waals surface area contributed by atoms with Gasteiger partial charge in [-0.3, -0.25) is 9.78 Å². The van der Waals surface area contributed by atoms with Gasteiger partial charge >= 0.3 is 0 Å². The Morgan fingerprint density at radius 3 is 2.79 bits per heavy atom. The number of aryl methyl sites for hydroxylation is 1. The molecule has 0 unspecified atom stereocenters. The largest absolute Gasteiger partial charge is 0.351 e. The summed E-state index contributed by atoms with van der Waals surface area (Å²) in [5.74, 6) is 0.583. The molecule has 19 heavy (non-hydrogen) atoms. The number of hydrogen-bond acceptors (Lipinski definition) is 2. The van der Waals surface area contributed by atoms with Gasteiger partial charge in [0.05, 0.1) is 5.56 Å². The Balaban J connectivity index is 1.98. The van der Waals surface area contributed by atoms with Gasteiger partial charge in [0.1, 0.15) is 0 Å². The Kier molecular flexibility index (Phi) is 4.81. The molecule has 2 rings (SSSR count). The van der Waals surface area contributed by atoms with Crippen LogP contribution in [0.15, 0.2) is 18.3 Å². The molecule has 4 heteroatoms. The van der Waals surface area contributed by atoms with Crippen molar-refractivity contribution in [3.63, 3.8) is 0 Å². The molecule has 3 nitrogen and oxygen atoms in total. The standard InChI is InChI=1S/C15H21ClN2O/c1-12-13(6-5-9-17-12)14(19)18-11-15(10-16)7-3-2-4-8-15/h5-6,9H,2-4,7-8,10-11H2,1H3,(H,18,19). The number of alkyl halides is 1. The van der Waals surface area contributed by atoms with Crippen LogP contribution in [0.2, 0.25) is 0 Å². The van der Waals surface area contributed by atoms with E-state index in [1.807, 2.05) is 13.0 Å². The van der Waals surface area contributed by atoms with Crippen LogP contribution in [0.3, 0.4) is 0 Å². The van der Waals surface area contributed by atoms with E-state index in [1.165, 1.54) is 19.3 Å². The molecule has 104 valence electrons. The molecule has 1 aliphatic carbocycles. The Hall–Kier alpha value is -1.09. The second-order valence-electron chi connectivity index (χ2n) is 5.51. The monoisotopic (exact) mass is 280 g/mol. The molecule has 0 bridgehead atoms. The number of nitrogens with zero attached hydrogens (tertiary/aromatic N) is 1. The van der Waals surface area contributed by atoms with Crippen LogP contribution in [0.4, 0.5) is 0 Å². The van der Waals surface area contributed by atoms with Gasteiger partial charge in [0.2, 0.25) is 0 Å². The first-order chi connectivity index (χ1) is 9.17. The van der Waals surface area contributed by atoms with E-state index in [0.717, 1.165) is 18.5 Å². The van der Waals surface area contributed by atoms with Gasteiger partial charge in [-0.05, 0) is 31.9 Å². The van der Waals surface area contributed by atoms with Crippen LogP contribution in [0.25, 0.3) is 0 Å². The van der Waals surface area contributed by atoms with Gasteiger partial charge in [0.25, 0.3) is 5.91 Å². The highest BCUT2D eigenvalue weighted by Crippen LogP contribution is 2.36. The molecule has 0 radical (unpaired) electrons. The minimum absolute atomic E-state index is 0.0411. The molecule has 1 N–H and O–H groups in total. The maximum atomic E-state index is 12.2. The lowest BCUT2D eigenvalue weighted by atomic mass is 9.75. The number of hydrogen-bond donors (Lipinski definition) is 1. The molecule has 0 aliphatic heterocycles. The molecule has 1 fully saturated rings. The van der Waals surface area contributed by atoms with E-state index in [9.17, 15) is 4.79 Å². The number of amides is 1. The lowest BCUT2D eigenvalue weighted by molar-refractivity contribution is 0.0920. The molecule has 1 amide bonds. The van der Waals surface area contributed by atoms with Gasteiger partial charge in [0, 0.05) is 29.7 Å². The molecule has 1 aliphatic rings. The highest BCUT2D eigenvalue weighted by atomic mass is 35.5. The topological polar surface area (TPSA) is 42.0 Å². The minimum Gasteiger partial charge on any atom is -0.351 e. The fourth-order valence-electron chi connectivity index (χ4n) is 2.75. The molecular formula is C15H21ClN2O. The van der Waals surface area contributed by atoms with Crippen molar-refractivity contribution < 1.29 is 4.79 Å². The van der Waals surface area contributed by atoms with Crippen molar-refractivity contribution in [1.29, 1.82) is 0 Å². The van der Waals surface area contributed by atoms with Crippen LogP contribution in [0.1, 0.15) is 48.2 Å². The SMILES string of the molecule is Cc1ncccc1C(=O)NCC1(CCl)CCCCC1. The van der Waals surface area contributed by atoms with Crippen molar-refractivity contribution in [1.82, 2.24) is 10.3 Å². The molecule has 0 aromatic carbocycles. The first kappa shape index (κ1) is 14.3. The maximum absolute atomic E-state index is 12.2. The highest BCUT2D eigenvalue weighted by molar-refractivity contribution is 6.18. The second kappa shape index (κ2) is 6.38. The van der Waals surface area contributed by atoms with E-state index in [-0.39, 0.29) is 11.3 Å². The van der Waals surface area contributed by atoms with Gasteiger partial charge in [-0.25, -0.2) is 0 Å². The summed E-state index contributed by atoms with van der Waals surface area (Å²) in [6.45, 7) is 2.52. The van der Waals surface area contributed by atoms with E-state index in [4.69, 9.17) is 11.6 Å². The van der Waals surface area contributed by atoms with Crippen molar-refractivity contribution in [2.24, 2.45) is 5.41 Å². The summed E-state index contributed by atoms with van der Waals surface area (Å²) >= 11 is 6.13. The second-order valence-corrected chi connectivity index (χ2v) is 5.78. The summed E-state index contributed by atoms with van der Waals surface area (Å²) in [4.78, 5) is 16.3. The normalized spacial score (nSPS) is 18.0. The quantitative estimate of drug-likeness (QED) is 0.860. The average molecular weight is 281 g/mol. The molecule has 1 heterocycles. The summed E-state index contributed by atoms with van der Waals surface area (Å²) in [6.07, 6.45) is 7.65. The first-order valence-electron chi connectivity index (χ1n) is 6.93. The van der Waals surface area contributed by atoms with E-state index < -0.39 is 0 Å². The van der Waals surface area contributed by atoms with Gasteiger partial charge < -0.3 is 5.32 Å². The van der Waals surface area contributed by atoms with E-state index in [2.05, 4.69) is 10.3 Å². The minimum atomic E-state index is -0.0411. The molecule has 1 aromatic rings. The summed E-state index contributed by atoms with van der Waals surface area (Å²) < 4.78 is 0. The summed E-state index contributed by atoms with van der Waals surface area (Å²) in [5.41, 5.74) is 1.51. The lowest BCUT2D eigenvalue weighted by Crippen LogP contribution is -2.40. The number of carbonyl (C=O) groups is 1. The number of rotatable bonds is 4.